The van der Waals surface area contributed by atoms with Gasteiger partial charge in [-0.2, -0.15) is 0 Å². The predicted octanol–water partition coefficient (Wildman–Crippen LogP) is 4.64. The summed E-state index contributed by atoms with van der Waals surface area (Å²) in [6.07, 6.45) is 0.789. The highest BCUT2D eigenvalue weighted by atomic mass is 16.5. The predicted molar refractivity (Wildman–Crippen MR) is 111 cm³/mol. The third-order valence-electron chi connectivity index (χ3n) is 4.67. The van der Waals surface area contributed by atoms with E-state index in [0.29, 0.717) is 17.8 Å². The lowest BCUT2D eigenvalue weighted by atomic mass is 10.1. The van der Waals surface area contributed by atoms with Crippen molar-refractivity contribution in [3.63, 3.8) is 0 Å². The molecule has 0 saturated carbocycles. The van der Waals surface area contributed by atoms with E-state index in [-0.39, 0.29) is 12.4 Å². The van der Waals surface area contributed by atoms with Crippen molar-refractivity contribution in [3.8, 4) is 0 Å². The van der Waals surface area contributed by atoms with E-state index in [9.17, 15) is 9.59 Å². The SMILES string of the molecule is CCOCc1c(C(=O)OCC(=O)Nc2c(C)cccc2CC)oc2ccccc12. The Kier molecular flexibility index (Phi) is 6.67. The average molecular weight is 395 g/mol. The first kappa shape index (κ1) is 20.6. The van der Waals surface area contributed by atoms with Crippen molar-refractivity contribution < 1.29 is 23.5 Å². The van der Waals surface area contributed by atoms with Gasteiger partial charge in [-0.05, 0) is 37.5 Å². The monoisotopic (exact) mass is 395 g/mol. The second-order valence-corrected chi connectivity index (χ2v) is 6.63. The van der Waals surface area contributed by atoms with Crippen LogP contribution in [0.5, 0.6) is 0 Å². The smallest absolute Gasteiger partial charge is 0.375 e. The largest absolute Gasteiger partial charge is 0.450 e. The van der Waals surface area contributed by atoms with Crippen molar-refractivity contribution in [1.82, 2.24) is 0 Å². The highest BCUT2D eigenvalue weighted by Gasteiger charge is 2.23. The minimum absolute atomic E-state index is 0.0672. The summed E-state index contributed by atoms with van der Waals surface area (Å²) in [5.74, 6) is -1.02. The molecule has 29 heavy (non-hydrogen) atoms. The van der Waals surface area contributed by atoms with Crippen molar-refractivity contribution in [3.05, 3.63) is 64.9 Å². The first-order chi connectivity index (χ1) is 14.0. The number of carbonyl (C=O) groups excluding carboxylic acids is 2. The second-order valence-electron chi connectivity index (χ2n) is 6.63. The van der Waals surface area contributed by atoms with Gasteiger partial charge in [-0.15, -0.1) is 0 Å². The van der Waals surface area contributed by atoms with Crippen LogP contribution in [0.25, 0.3) is 11.0 Å². The summed E-state index contributed by atoms with van der Waals surface area (Å²) in [7, 11) is 0. The lowest BCUT2D eigenvalue weighted by Crippen LogP contribution is -2.22. The van der Waals surface area contributed by atoms with Crippen LogP contribution >= 0.6 is 0 Å². The molecular formula is C23H25NO5. The number of fused-ring (bicyclic) bond motifs is 1. The van der Waals surface area contributed by atoms with E-state index in [1.165, 1.54) is 0 Å². The van der Waals surface area contributed by atoms with Crippen molar-refractivity contribution in [1.29, 1.82) is 0 Å². The molecule has 0 bridgehead atoms. The van der Waals surface area contributed by atoms with E-state index in [1.807, 2.05) is 57.2 Å². The highest BCUT2D eigenvalue weighted by molar-refractivity contribution is 5.98. The van der Waals surface area contributed by atoms with Gasteiger partial charge in [0, 0.05) is 23.2 Å². The molecule has 0 aliphatic rings. The van der Waals surface area contributed by atoms with E-state index in [2.05, 4.69) is 5.32 Å². The van der Waals surface area contributed by atoms with Gasteiger partial charge in [0.1, 0.15) is 5.58 Å². The van der Waals surface area contributed by atoms with Gasteiger partial charge in [-0.25, -0.2) is 4.79 Å². The molecule has 1 N–H and O–H groups in total. The maximum Gasteiger partial charge on any atom is 0.375 e. The summed E-state index contributed by atoms with van der Waals surface area (Å²) in [4.78, 5) is 24.9. The van der Waals surface area contributed by atoms with E-state index >= 15 is 0 Å². The number of anilines is 1. The number of benzene rings is 2. The molecule has 6 heteroatoms. The van der Waals surface area contributed by atoms with Crippen molar-refractivity contribution >= 4 is 28.5 Å². The normalized spacial score (nSPS) is 10.9. The second kappa shape index (κ2) is 9.39. The average Bonchev–Trinajstić information content (AvgIpc) is 3.10. The van der Waals surface area contributed by atoms with Crippen molar-refractivity contribution in [2.45, 2.75) is 33.8 Å². The molecule has 0 radical (unpaired) electrons. The molecule has 0 unspecified atom stereocenters. The Hall–Kier alpha value is -3.12. The molecule has 2 aromatic carbocycles. The summed E-state index contributed by atoms with van der Waals surface area (Å²) in [6, 6.07) is 13.2. The van der Waals surface area contributed by atoms with Crippen molar-refractivity contribution in [2.75, 3.05) is 18.5 Å². The number of nitrogens with one attached hydrogen (secondary N) is 1. The van der Waals surface area contributed by atoms with Gasteiger partial charge < -0.3 is 19.2 Å². The maximum atomic E-state index is 12.6. The molecule has 0 aliphatic carbocycles. The Labute approximate surface area is 169 Å². The van der Waals surface area contributed by atoms with Crippen LogP contribution in [0.4, 0.5) is 5.69 Å². The Morgan fingerprint density at radius 3 is 2.62 bits per heavy atom. The Morgan fingerprint density at radius 1 is 1.07 bits per heavy atom. The third-order valence-corrected chi connectivity index (χ3v) is 4.67. The first-order valence-electron chi connectivity index (χ1n) is 9.68. The van der Waals surface area contributed by atoms with Gasteiger partial charge in [-0.3, -0.25) is 4.79 Å². The fourth-order valence-corrected chi connectivity index (χ4v) is 3.19. The number of esters is 1. The van der Waals surface area contributed by atoms with Gasteiger partial charge in [0.15, 0.2) is 6.61 Å². The number of hydrogen-bond donors (Lipinski definition) is 1. The van der Waals surface area contributed by atoms with Crippen LogP contribution in [-0.2, 0) is 27.3 Å². The number of para-hydroxylation sites is 2. The van der Waals surface area contributed by atoms with Crippen LogP contribution < -0.4 is 5.32 Å². The third kappa shape index (κ3) is 4.66. The lowest BCUT2D eigenvalue weighted by molar-refractivity contribution is -0.119. The standard InChI is InChI=1S/C23H25NO5/c1-4-16-10-8-9-15(3)21(16)24-20(25)14-28-23(26)22-18(13-27-5-2)17-11-6-7-12-19(17)29-22/h6-12H,4-5,13-14H2,1-3H3,(H,24,25). The number of ether oxygens (including phenoxy) is 2. The molecule has 0 fully saturated rings. The van der Waals surface area contributed by atoms with Crippen molar-refractivity contribution in [2.24, 2.45) is 0 Å². The quantitative estimate of drug-likeness (QED) is 0.563. The fraction of sp³-hybridized carbons (Fsp3) is 0.304. The van der Waals surface area contributed by atoms with E-state index in [4.69, 9.17) is 13.9 Å². The Morgan fingerprint density at radius 2 is 1.86 bits per heavy atom. The zero-order chi connectivity index (χ0) is 20.8. The summed E-state index contributed by atoms with van der Waals surface area (Å²) in [6.45, 7) is 6.16. The molecule has 1 heterocycles. The molecule has 3 aromatic rings. The minimum Gasteiger partial charge on any atom is -0.450 e. The van der Waals surface area contributed by atoms with E-state index in [0.717, 1.165) is 28.6 Å². The Balaban J connectivity index is 1.72. The first-order valence-corrected chi connectivity index (χ1v) is 9.68. The number of furan rings is 1. The summed E-state index contributed by atoms with van der Waals surface area (Å²) >= 11 is 0. The zero-order valence-corrected chi connectivity index (χ0v) is 16.9. The molecule has 3 rings (SSSR count). The number of hydrogen-bond acceptors (Lipinski definition) is 5. The molecular weight excluding hydrogens is 370 g/mol. The topological polar surface area (TPSA) is 77.8 Å². The van der Waals surface area contributed by atoms with Crippen LogP contribution in [0.15, 0.2) is 46.9 Å². The van der Waals surface area contributed by atoms with Gasteiger partial charge in [0.25, 0.3) is 5.91 Å². The summed E-state index contributed by atoms with van der Waals surface area (Å²) in [5.41, 5.74) is 3.95. The van der Waals surface area contributed by atoms with Gasteiger partial charge in [0.05, 0.1) is 6.61 Å². The fourth-order valence-electron chi connectivity index (χ4n) is 3.19. The van der Waals surface area contributed by atoms with E-state index < -0.39 is 18.5 Å². The number of carbonyl (C=O) groups is 2. The number of aryl methyl sites for hydroxylation is 2. The van der Waals surface area contributed by atoms with Crippen LogP contribution in [0.2, 0.25) is 0 Å². The summed E-state index contributed by atoms with van der Waals surface area (Å²) < 4.78 is 16.4. The number of amides is 1. The highest BCUT2D eigenvalue weighted by Crippen LogP contribution is 2.27. The molecule has 0 atom stereocenters. The molecule has 0 saturated heterocycles. The summed E-state index contributed by atoms with van der Waals surface area (Å²) in [5, 5.41) is 3.64. The van der Waals surface area contributed by atoms with Crippen LogP contribution in [-0.4, -0.2) is 25.1 Å². The van der Waals surface area contributed by atoms with Crippen LogP contribution in [0.3, 0.4) is 0 Å². The van der Waals surface area contributed by atoms with Crippen LogP contribution in [0, 0.1) is 6.92 Å². The van der Waals surface area contributed by atoms with Gasteiger partial charge in [0.2, 0.25) is 5.76 Å². The minimum atomic E-state index is -0.688. The molecule has 6 nitrogen and oxygen atoms in total. The molecule has 152 valence electrons. The number of rotatable bonds is 8. The van der Waals surface area contributed by atoms with Gasteiger partial charge in [-0.1, -0.05) is 43.3 Å². The molecule has 0 spiro atoms. The molecule has 1 amide bonds. The Bertz CT molecular complexity index is 1020. The lowest BCUT2D eigenvalue weighted by Gasteiger charge is -2.13. The molecule has 1 aromatic heterocycles. The maximum absolute atomic E-state index is 12.6. The van der Waals surface area contributed by atoms with Crippen LogP contribution in [0.1, 0.15) is 41.1 Å². The molecule has 0 aliphatic heterocycles. The van der Waals surface area contributed by atoms with E-state index in [1.54, 1.807) is 6.07 Å². The van der Waals surface area contributed by atoms with Gasteiger partial charge >= 0.3 is 5.97 Å². The zero-order valence-electron chi connectivity index (χ0n) is 16.9.